The molecule has 2 aromatic rings. The smallest absolute Gasteiger partial charge is 0.0481 e. The van der Waals surface area contributed by atoms with Gasteiger partial charge in [0.25, 0.3) is 0 Å². The molecule has 0 aliphatic carbocycles. The van der Waals surface area contributed by atoms with Crippen LogP contribution in [0.5, 0.6) is 0 Å². The molecule has 92 valence electrons. The predicted molar refractivity (Wildman–Crippen MR) is 74.4 cm³/mol. The van der Waals surface area contributed by atoms with Crippen LogP contribution in [0.15, 0.2) is 24.4 Å². The number of aromatic nitrogens is 1. The van der Waals surface area contributed by atoms with E-state index in [1.165, 1.54) is 22.0 Å². The summed E-state index contributed by atoms with van der Waals surface area (Å²) in [4.78, 5) is 0. The van der Waals surface area contributed by atoms with Crippen LogP contribution in [0.4, 0.5) is 0 Å². The molecule has 0 amide bonds. The van der Waals surface area contributed by atoms with E-state index in [9.17, 15) is 0 Å². The van der Waals surface area contributed by atoms with Crippen LogP contribution >= 0.6 is 0 Å². The first-order chi connectivity index (χ1) is 7.99. The number of nitrogens with one attached hydrogen (secondary N) is 1. The Balaban J connectivity index is 2.71. The second-order valence-corrected chi connectivity index (χ2v) is 5.23. The zero-order chi connectivity index (χ0) is 12.6. The first kappa shape index (κ1) is 12.2. The maximum absolute atomic E-state index is 3.39. The molecule has 0 unspecified atom stereocenters. The number of nitrogens with zero attached hydrogens (tertiary/aromatic N) is 1. The van der Waals surface area contributed by atoms with Gasteiger partial charge in [0.15, 0.2) is 0 Å². The van der Waals surface area contributed by atoms with Crippen LogP contribution in [0.2, 0.25) is 0 Å². The summed E-state index contributed by atoms with van der Waals surface area (Å²) in [5.74, 6) is 0. The second-order valence-electron chi connectivity index (χ2n) is 5.23. The Labute approximate surface area is 104 Å². The Kier molecular flexibility index (Phi) is 3.00. The van der Waals surface area contributed by atoms with Crippen LogP contribution in [-0.4, -0.2) is 11.6 Å². The molecule has 1 aromatic carbocycles. The Morgan fingerprint density at radius 3 is 2.59 bits per heavy atom. The third-order valence-corrected chi connectivity index (χ3v) is 3.76. The zero-order valence-corrected chi connectivity index (χ0v) is 11.5. The summed E-state index contributed by atoms with van der Waals surface area (Å²) in [6.07, 6.45) is 3.32. The summed E-state index contributed by atoms with van der Waals surface area (Å²) in [5.41, 5.74) is 4.08. The molecule has 0 spiro atoms. The Morgan fingerprint density at radius 2 is 2.00 bits per heavy atom. The Bertz CT molecular complexity index is 535. The van der Waals surface area contributed by atoms with Crippen LogP contribution in [0.1, 0.15) is 31.9 Å². The molecule has 17 heavy (non-hydrogen) atoms. The number of aryl methyl sites for hydroxylation is 2. The van der Waals surface area contributed by atoms with E-state index in [1.807, 2.05) is 7.05 Å². The minimum Gasteiger partial charge on any atom is -0.350 e. The lowest BCUT2D eigenvalue weighted by Gasteiger charge is -2.23. The van der Waals surface area contributed by atoms with Crippen LogP contribution in [0.25, 0.3) is 10.9 Å². The van der Waals surface area contributed by atoms with E-state index in [-0.39, 0.29) is 5.54 Å². The van der Waals surface area contributed by atoms with E-state index < -0.39 is 0 Å². The van der Waals surface area contributed by atoms with Crippen molar-refractivity contribution in [3.8, 4) is 0 Å². The third-order valence-electron chi connectivity index (χ3n) is 3.76. The summed E-state index contributed by atoms with van der Waals surface area (Å²) in [7, 11) is 4.13. The van der Waals surface area contributed by atoms with E-state index >= 15 is 0 Å². The van der Waals surface area contributed by atoms with E-state index in [2.05, 4.69) is 62.1 Å². The lowest BCUT2D eigenvalue weighted by Crippen LogP contribution is -2.32. The quantitative estimate of drug-likeness (QED) is 0.857. The van der Waals surface area contributed by atoms with Gasteiger partial charge in [-0.3, -0.25) is 0 Å². The minimum atomic E-state index is 0.00583. The third kappa shape index (κ3) is 1.98. The topological polar surface area (TPSA) is 17.0 Å². The molecule has 0 bridgehead atoms. The van der Waals surface area contributed by atoms with Gasteiger partial charge >= 0.3 is 0 Å². The lowest BCUT2D eigenvalue weighted by molar-refractivity contribution is 0.447. The van der Waals surface area contributed by atoms with Crippen molar-refractivity contribution in [3.63, 3.8) is 0 Å². The van der Waals surface area contributed by atoms with Gasteiger partial charge in [-0.1, -0.05) is 13.0 Å². The summed E-state index contributed by atoms with van der Waals surface area (Å²) in [5, 5.41) is 4.75. The zero-order valence-electron chi connectivity index (χ0n) is 11.5. The van der Waals surface area contributed by atoms with E-state index in [1.54, 1.807) is 0 Å². The number of rotatable bonds is 3. The van der Waals surface area contributed by atoms with Crippen molar-refractivity contribution in [2.24, 2.45) is 7.05 Å². The van der Waals surface area contributed by atoms with E-state index in [0.717, 1.165) is 6.42 Å². The van der Waals surface area contributed by atoms with Crippen molar-refractivity contribution in [3.05, 3.63) is 35.5 Å². The highest BCUT2D eigenvalue weighted by Gasteiger charge is 2.22. The van der Waals surface area contributed by atoms with Gasteiger partial charge in [0.2, 0.25) is 0 Å². The second kappa shape index (κ2) is 4.19. The average Bonchev–Trinajstić information content (AvgIpc) is 2.67. The normalized spacial score (nSPS) is 12.3. The maximum Gasteiger partial charge on any atom is 0.0481 e. The molecule has 0 atom stereocenters. The molecule has 0 saturated carbocycles. The van der Waals surface area contributed by atoms with E-state index in [0.29, 0.717) is 0 Å². The Hall–Kier alpha value is -1.28. The molecule has 1 N–H and O–H groups in total. The molecule has 1 aromatic heterocycles. The van der Waals surface area contributed by atoms with Crippen molar-refractivity contribution in [1.82, 2.24) is 9.88 Å². The van der Waals surface area contributed by atoms with Crippen molar-refractivity contribution >= 4 is 10.9 Å². The van der Waals surface area contributed by atoms with E-state index in [4.69, 9.17) is 0 Å². The van der Waals surface area contributed by atoms with Crippen LogP contribution < -0.4 is 5.32 Å². The van der Waals surface area contributed by atoms with Gasteiger partial charge in [-0.15, -0.1) is 0 Å². The number of hydrogen-bond acceptors (Lipinski definition) is 1. The fraction of sp³-hybridized carbons (Fsp3) is 0.467. The molecule has 0 aliphatic rings. The van der Waals surface area contributed by atoms with Crippen LogP contribution in [0.3, 0.4) is 0 Å². The Morgan fingerprint density at radius 1 is 1.29 bits per heavy atom. The highest BCUT2D eigenvalue weighted by atomic mass is 15.0. The average molecular weight is 230 g/mol. The molecule has 2 nitrogen and oxygen atoms in total. The SMILES string of the molecule is CCc1ccc2c(c1)c(C(C)(C)NC)cn2C. The fourth-order valence-corrected chi connectivity index (χ4v) is 2.29. The lowest BCUT2D eigenvalue weighted by atomic mass is 9.93. The number of benzene rings is 1. The predicted octanol–water partition coefficient (Wildman–Crippen LogP) is 3.20. The maximum atomic E-state index is 3.39. The first-order valence-electron chi connectivity index (χ1n) is 6.27. The molecule has 0 radical (unpaired) electrons. The summed E-state index contributed by atoms with van der Waals surface area (Å²) >= 11 is 0. The van der Waals surface area contributed by atoms with Crippen molar-refractivity contribution in [2.45, 2.75) is 32.7 Å². The van der Waals surface area contributed by atoms with Gasteiger partial charge in [0.05, 0.1) is 0 Å². The molecular weight excluding hydrogens is 208 g/mol. The summed E-state index contributed by atoms with van der Waals surface area (Å²) < 4.78 is 2.21. The molecule has 2 heteroatoms. The van der Waals surface area contributed by atoms with Crippen LogP contribution in [0, 0.1) is 0 Å². The molecule has 0 fully saturated rings. The fourth-order valence-electron chi connectivity index (χ4n) is 2.29. The molecular formula is C15H22N2. The van der Waals surface area contributed by atoms with Gasteiger partial charge < -0.3 is 9.88 Å². The van der Waals surface area contributed by atoms with Crippen molar-refractivity contribution in [1.29, 1.82) is 0 Å². The monoisotopic (exact) mass is 230 g/mol. The highest BCUT2D eigenvalue weighted by molar-refractivity contribution is 5.85. The summed E-state index contributed by atoms with van der Waals surface area (Å²) in [6.45, 7) is 6.65. The van der Waals surface area contributed by atoms with Gasteiger partial charge in [0, 0.05) is 29.7 Å². The molecule has 0 aliphatic heterocycles. The van der Waals surface area contributed by atoms with Crippen LogP contribution in [-0.2, 0) is 19.0 Å². The molecule has 1 heterocycles. The largest absolute Gasteiger partial charge is 0.350 e. The standard InChI is InChI=1S/C15H22N2/c1-6-11-7-8-14-12(9-11)13(10-17(14)5)15(2,3)16-4/h7-10,16H,6H2,1-5H3. The summed E-state index contributed by atoms with van der Waals surface area (Å²) in [6, 6.07) is 6.77. The number of fused-ring (bicyclic) bond motifs is 1. The van der Waals surface area contributed by atoms with Crippen molar-refractivity contribution < 1.29 is 0 Å². The molecule has 2 rings (SSSR count). The van der Waals surface area contributed by atoms with Gasteiger partial charge in [-0.05, 0) is 50.6 Å². The van der Waals surface area contributed by atoms with Gasteiger partial charge in [0.1, 0.15) is 0 Å². The minimum absolute atomic E-state index is 0.00583. The number of hydrogen-bond donors (Lipinski definition) is 1. The highest BCUT2D eigenvalue weighted by Crippen LogP contribution is 2.30. The van der Waals surface area contributed by atoms with Gasteiger partial charge in [-0.2, -0.15) is 0 Å². The van der Waals surface area contributed by atoms with Crippen molar-refractivity contribution in [2.75, 3.05) is 7.05 Å². The first-order valence-corrected chi connectivity index (χ1v) is 6.27. The van der Waals surface area contributed by atoms with Gasteiger partial charge in [-0.25, -0.2) is 0 Å². The molecule has 0 saturated heterocycles.